The lowest BCUT2D eigenvalue weighted by atomic mass is 10.1. The van der Waals surface area contributed by atoms with Crippen LogP contribution in [0.25, 0.3) is 0 Å². The highest BCUT2D eigenvalue weighted by molar-refractivity contribution is 8.04. The number of carbonyl (C=O) groups is 1. The normalized spacial score (nSPS) is 25.9. The van der Waals surface area contributed by atoms with Gasteiger partial charge in [0, 0.05) is 6.54 Å². The minimum atomic E-state index is -4.60. The predicted octanol–water partition coefficient (Wildman–Crippen LogP) is 4.19. The van der Waals surface area contributed by atoms with Crippen molar-refractivity contribution in [3.63, 3.8) is 0 Å². The molecule has 0 aliphatic carbocycles. The van der Waals surface area contributed by atoms with E-state index in [1.54, 1.807) is 24.3 Å². The Bertz CT molecular complexity index is 603. The summed E-state index contributed by atoms with van der Waals surface area (Å²) in [4.78, 5) is 11.3. The summed E-state index contributed by atoms with van der Waals surface area (Å²) in [6.07, 6.45) is -0.515. The van der Waals surface area contributed by atoms with E-state index in [1.807, 2.05) is 0 Å². The van der Waals surface area contributed by atoms with Crippen LogP contribution >= 0.6 is 11.8 Å². The molecule has 1 aromatic carbocycles. The largest absolute Gasteiger partial charge is 0.425 e. The van der Waals surface area contributed by atoms with Crippen LogP contribution in [0.2, 0.25) is 0 Å². The maximum absolute atomic E-state index is 13.8. The van der Waals surface area contributed by atoms with Gasteiger partial charge >= 0.3 is 12.2 Å². The van der Waals surface area contributed by atoms with Gasteiger partial charge in [0.05, 0.1) is 5.03 Å². The molecule has 1 aromatic rings. The third-order valence-corrected chi connectivity index (χ3v) is 5.26. The van der Waals surface area contributed by atoms with Gasteiger partial charge in [0.25, 0.3) is 0 Å². The van der Waals surface area contributed by atoms with Crippen LogP contribution in [0.15, 0.2) is 41.4 Å². The highest BCUT2D eigenvalue weighted by Gasteiger charge is 2.61. The van der Waals surface area contributed by atoms with Crippen molar-refractivity contribution in [1.82, 2.24) is 10.2 Å². The van der Waals surface area contributed by atoms with E-state index in [0.717, 1.165) is 12.8 Å². The quantitative estimate of drug-likeness (QED) is 0.838. The number of fused-ring (bicyclic) bond motifs is 1. The Labute approximate surface area is 130 Å². The Hall–Kier alpha value is -1.63. The van der Waals surface area contributed by atoms with Gasteiger partial charge in [-0.2, -0.15) is 13.2 Å². The molecule has 1 saturated heterocycles. The number of nitrogens with zero attached hydrogens (tertiary/aromatic N) is 1. The molecule has 0 saturated carbocycles. The van der Waals surface area contributed by atoms with Gasteiger partial charge in [-0.15, -0.1) is 0 Å². The molecule has 0 spiro atoms. The van der Waals surface area contributed by atoms with Crippen molar-refractivity contribution >= 4 is 17.8 Å². The molecule has 0 radical (unpaired) electrons. The van der Waals surface area contributed by atoms with Crippen molar-refractivity contribution in [3.05, 3.63) is 47.0 Å². The summed E-state index contributed by atoms with van der Waals surface area (Å²) < 4.78 is 41.5. The molecule has 0 unspecified atom stereocenters. The number of amides is 2. The number of hydrogen-bond donors (Lipinski definition) is 1. The van der Waals surface area contributed by atoms with Crippen molar-refractivity contribution in [3.8, 4) is 0 Å². The van der Waals surface area contributed by atoms with Gasteiger partial charge in [0.15, 0.2) is 0 Å². The van der Waals surface area contributed by atoms with E-state index in [-0.39, 0.29) is 5.56 Å². The Kier molecular flexibility index (Phi) is 3.84. The topological polar surface area (TPSA) is 32.3 Å². The predicted molar refractivity (Wildman–Crippen MR) is 78.9 cm³/mol. The third-order valence-electron chi connectivity index (χ3n) is 3.79. The summed E-state index contributed by atoms with van der Waals surface area (Å²) in [5.74, 6) is 0. The fourth-order valence-corrected chi connectivity index (χ4v) is 3.96. The number of alkyl halides is 3. The second kappa shape index (κ2) is 5.53. The standard InChI is InChI=1S/C15H15F3N2OS/c16-15(17,18)14(11-7-3-1-4-8-11)19-13(21)20-10-6-2-5-9-12(20)22-14/h1,3-4,7-9H,2,5-6,10H2,(H,19,21)/t14-/m1/s1. The van der Waals surface area contributed by atoms with E-state index < -0.39 is 17.1 Å². The van der Waals surface area contributed by atoms with Gasteiger partial charge < -0.3 is 5.32 Å². The molecule has 7 heteroatoms. The summed E-state index contributed by atoms with van der Waals surface area (Å²) >= 11 is 0.670. The summed E-state index contributed by atoms with van der Waals surface area (Å²) in [6.45, 7) is 0.452. The first-order chi connectivity index (χ1) is 10.4. The Morgan fingerprint density at radius 1 is 1.18 bits per heavy atom. The number of urea groups is 1. The number of nitrogens with one attached hydrogen (secondary N) is 1. The fourth-order valence-electron chi connectivity index (χ4n) is 2.66. The molecular formula is C15H15F3N2OS. The number of carbonyl (C=O) groups excluding carboxylic acids is 1. The zero-order chi connectivity index (χ0) is 15.8. The van der Waals surface area contributed by atoms with E-state index in [2.05, 4.69) is 5.32 Å². The van der Waals surface area contributed by atoms with Crippen LogP contribution in [0.5, 0.6) is 0 Å². The minimum absolute atomic E-state index is 0.0330. The average molecular weight is 328 g/mol. The van der Waals surface area contributed by atoms with Crippen molar-refractivity contribution in [2.45, 2.75) is 30.3 Å². The van der Waals surface area contributed by atoms with Gasteiger partial charge in [-0.3, -0.25) is 4.90 Å². The van der Waals surface area contributed by atoms with Crippen molar-refractivity contribution < 1.29 is 18.0 Å². The molecule has 2 aliphatic rings. The molecule has 0 aromatic heterocycles. The van der Waals surface area contributed by atoms with Crippen molar-refractivity contribution in [1.29, 1.82) is 0 Å². The van der Waals surface area contributed by atoms with Gasteiger partial charge in [-0.1, -0.05) is 48.2 Å². The zero-order valence-electron chi connectivity index (χ0n) is 11.7. The number of hydrogen-bond acceptors (Lipinski definition) is 2. The Balaban J connectivity index is 2.08. The van der Waals surface area contributed by atoms with E-state index in [9.17, 15) is 18.0 Å². The van der Waals surface area contributed by atoms with Crippen LogP contribution in [-0.4, -0.2) is 23.7 Å². The summed E-state index contributed by atoms with van der Waals surface area (Å²) in [5.41, 5.74) is 0.0330. The highest BCUT2D eigenvalue weighted by atomic mass is 32.2. The first kappa shape index (κ1) is 15.3. The van der Waals surface area contributed by atoms with Gasteiger partial charge in [0.2, 0.25) is 4.87 Å². The van der Waals surface area contributed by atoms with Crippen LogP contribution < -0.4 is 5.32 Å². The van der Waals surface area contributed by atoms with Crippen LogP contribution in [-0.2, 0) is 4.87 Å². The molecule has 0 bridgehead atoms. The molecule has 1 N–H and O–H groups in total. The SMILES string of the molecule is O=C1N[C@@](c2ccccc2)(C(F)(F)F)SC2=CCCCCN12. The second-order valence-electron chi connectivity index (χ2n) is 5.27. The molecular weight excluding hydrogens is 313 g/mol. The molecule has 118 valence electrons. The Morgan fingerprint density at radius 2 is 1.91 bits per heavy atom. The first-order valence-electron chi connectivity index (χ1n) is 7.05. The van der Waals surface area contributed by atoms with Gasteiger partial charge in [-0.05, 0) is 24.8 Å². The number of rotatable bonds is 1. The number of benzene rings is 1. The molecule has 1 fully saturated rings. The minimum Gasteiger partial charge on any atom is -0.311 e. The van der Waals surface area contributed by atoms with Crippen LogP contribution in [0, 0.1) is 0 Å². The summed E-state index contributed by atoms with van der Waals surface area (Å²) in [7, 11) is 0. The summed E-state index contributed by atoms with van der Waals surface area (Å²) in [5, 5.41) is 2.59. The number of halogens is 3. The average Bonchev–Trinajstić information content (AvgIpc) is 2.72. The van der Waals surface area contributed by atoms with Gasteiger partial charge in [-0.25, -0.2) is 4.79 Å². The van der Waals surface area contributed by atoms with Crippen molar-refractivity contribution in [2.75, 3.05) is 6.54 Å². The van der Waals surface area contributed by atoms with E-state index in [4.69, 9.17) is 0 Å². The van der Waals surface area contributed by atoms with Crippen molar-refractivity contribution in [2.24, 2.45) is 0 Å². The fraction of sp³-hybridized carbons (Fsp3) is 0.400. The van der Waals surface area contributed by atoms with E-state index >= 15 is 0 Å². The van der Waals surface area contributed by atoms with Gasteiger partial charge in [0.1, 0.15) is 0 Å². The van der Waals surface area contributed by atoms with E-state index in [0.29, 0.717) is 29.8 Å². The monoisotopic (exact) mass is 328 g/mol. The lowest BCUT2D eigenvalue weighted by Crippen LogP contribution is -2.60. The first-order valence-corrected chi connectivity index (χ1v) is 7.87. The lowest BCUT2D eigenvalue weighted by Gasteiger charge is -2.43. The number of thioether (sulfide) groups is 1. The van der Waals surface area contributed by atoms with E-state index in [1.165, 1.54) is 17.0 Å². The molecule has 1 atom stereocenters. The van der Waals surface area contributed by atoms with Crippen LogP contribution in [0.3, 0.4) is 0 Å². The van der Waals surface area contributed by atoms with Crippen LogP contribution in [0.4, 0.5) is 18.0 Å². The maximum Gasteiger partial charge on any atom is 0.425 e. The highest BCUT2D eigenvalue weighted by Crippen LogP contribution is 2.53. The smallest absolute Gasteiger partial charge is 0.311 e. The molecule has 3 rings (SSSR count). The molecule has 2 amide bonds. The zero-order valence-corrected chi connectivity index (χ0v) is 12.5. The maximum atomic E-state index is 13.8. The summed E-state index contributed by atoms with van der Waals surface area (Å²) in [6, 6.07) is 6.85. The third kappa shape index (κ3) is 2.47. The molecule has 22 heavy (non-hydrogen) atoms. The second-order valence-corrected chi connectivity index (χ2v) is 6.50. The molecule has 2 heterocycles. The Morgan fingerprint density at radius 3 is 2.59 bits per heavy atom. The molecule has 3 nitrogen and oxygen atoms in total. The number of allylic oxidation sites excluding steroid dienone is 1. The van der Waals surface area contributed by atoms with Crippen LogP contribution in [0.1, 0.15) is 24.8 Å². The molecule has 2 aliphatic heterocycles. The lowest BCUT2D eigenvalue weighted by molar-refractivity contribution is -0.168.